The van der Waals surface area contributed by atoms with Crippen molar-refractivity contribution < 1.29 is 32.8 Å². The van der Waals surface area contributed by atoms with E-state index in [-0.39, 0.29) is 66.2 Å². The molecule has 2 saturated heterocycles. The van der Waals surface area contributed by atoms with E-state index in [0.29, 0.717) is 24.4 Å². The van der Waals surface area contributed by atoms with Gasteiger partial charge in [0.25, 0.3) is 6.01 Å². The SMILES string of the molecule is OCCOc1cc(F)c(CNc2nc3nc(O[C@@H]4COC5CCOC54)[nH]c3cc2Cl)c(F)c1. The zero-order valence-electron chi connectivity index (χ0n) is 17.3. The van der Waals surface area contributed by atoms with Crippen LogP contribution in [0.3, 0.4) is 0 Å². The maximum absolute atomic E-state index is 14.4. The van der Waals surface area contributed by atoms with Gasteiger partial charge in [-0.1, -0.05) is 11.6 Å². The molecule has 0 bridgehead atoms. The Morgan fingerprint density at radius 1 is 1.21 bits per heavy atom. The number of aromatic amines is 1. The lowest BCUT2D eigenvalue weighted by Crippen LogP contribution is -2.32. The van der Waals surface area contributed by atoms with Gasteiger partial charge in [-0.05, 0) is 12.5 Å². The standard InChI is InChI=1S/C21H21ClF2N4O5/c22-12-7-15-20(28-21(26-15)33-17-9-32-16-1-3-31-18(16)17)27-19(12)25-8-11-13(23)5-10(6-14(11)24)30-4-2-29/h5-7,16-18,29H,1-4,8-9H2,(H2,25,26,27,28)/t16?,17-,18?/m1/s1. The molecule has 176 valence electrons. The number of hydrogen-bond donors (Lipinski definition) is 3. The number of pyridine rings is 1. The molecule has 12 heteroatoms. The van der Waals surface area contributed by atoms with E-state index in [1.54, 1.807) is 6.07 Å². The first-order valence-electron chi connectivity index (χ1n) is 10.4. The first kappa shape index (κ1) is 22.1. The molecule has 2 aliphatic rings. The van der Waals surface area contributed by atoms with Gasteiger partial charge < -0.3 is 34.4 Å². The average Bonchev–Trinajstić information content (AvgIpc) is 3.49. The van der Waals surface area contributed by atoms with Crippen molar-refractivity contribution in [3.63, 3.8) is 0 Å². The fraction of sp³-hybridized carbons (Fsp3) is 0.429. The van der Waals surface area contributed by atoms with Crippen LogP contribution in [0, 0.1) is 11.6 Å². The Bertz CT molecular complexity index is 1140. The van der Waals surface area contributed by atoms with Crippen molar-refractivity contribution in [3.8, 4) is 11.8 Å². The number of imidazole rings is 1. The summed E-state index contributed by atoms with van der Waals surface area (Å²) in [5.74, 6) is -1.39. The molecule has 33 heavy (non-hydrogen) atoms. The van der Waals surface area contributed by atoms with Gasteiger partial charge in [0.1, 0.15) is 35.9 Å². The number of aliphatic hydroxyl groups excluding tert-OH is 1. The van der Waals surface area contributed by atoms with E-state index in [0.717, 1.165) is 18.6 Å². The Hall–Kier alpha value is -2.73. The summed E-state index contributed by atoms with van der Waals surface area (Å²) in [6.07, 6.45) is 0.480. The molecule has 3 aromatic rings. The van der Waals surface area contributed by atoms with E-state index in [4.69, 9.17) is 35.7 Å². The van der Waals surface area contributed by atoms with Crippen molar-refractivity contribution in [2.75, 3.05) is 31.7 Å². The van der Waals surface area contributed by atoms with Crippen LogP contribution in [0.5, 0.6) is 11.8 Å². The highest BCUT2D eigenvalue weighted by molar-refractivity contribution is 6.33. The molecular formula is C21H21ClF2N4O5. The van der Waals surface area contributed by atoms with Gasteiger partial charge in [-0.2, -0.15) is 4.98 Å². The van der Waals surface area contributed by atoms with Gasteiger partial charge in [0.15, 0.2) is 11.8 Å². The van der Waals surface area contributed by atoms with Gasteiger partial charge in [0, 0.05) is 30.8 Å². The molecule has 2 unspecified atom stereocenters. The van der Waals surface area contributed by atoms with E-state index < -0.39 is 11.6 Å². The molecule has 4 heterocycles. The number of nitrogens with zero attached hydrogens (tertiary/aromatic N) is 2. The summed E-state index contributed by atoms with van der Waals surface area (Å²) >= 11 is 6.30. The summed E-state index contributed by atoms with van der Waals surface area (Å²) in [7, 11) is 0. The minimum Gasteiger partial charge on any atom is -0.491 e. The summed E-state index contributed by atoms with van der Waals surface area (Å²) in [5.41, 5.74) is 0.669. The smallest absolute Gasteiger partial charge is 0.296 e. The topological polar surface area (TPSA) is 111 Å². The van der Waals surface area contributed by atoms with E-state index in [9.17, 15) is 8.78 Å². The molecule has 0 spiro atoms. The quantitative estimate of drug-likeness (QED) is 0.449. The number of aromatic nitrogens is 3. The Morgan fingerprint density at radius 3 is 2.82 bits per heavy atom. The number of rotatable bonds is 8. The molecule has 3 atom stereocenters. The number of aliphatic hydroxyl groups is 1. The molecule has 5 rings (SSSR count). The normalized spacial score (nSPS) is 22.0. The average molecular weight is 483 g/mol. The lowest BCUT2D eigenvalue weighted by molar-refractivity contribution is 0.0273. The zero-order valence-corrected chi connectivity index (χ0v) is 18.1. The molecule has 3 N–H and O–H groups in total. The number of fused-ring (bicyclic) bond motifs is 2. The third kappa shape index (κ3) is 4.54. The van der Waals surface area contributed by atoms with Crippen LogP contribution in [0.1, 0.15) is 12.0 Å². The maximum Gasteiger partial charge on any atom is 0.296 e. The van der Waals surface area contributed by atoms with Crippen LogP contribution >= 0.6 is 11.6 Å². The lowest BCUT2D eigenvalue weighted by Gasteiger charge is -2.15. The highest BCUT2D eigenvalue weighted by Crippen LogP contribution is 2.31. The molecule has 2 fully saturated rings. The number of nitrogens with one attached hydrogen (secondary N) is 2. The molecule has 1 aromatic carbocycles. The van der Waals surface area contributed by atoms with Crippen LogP contribution in [0.25, 0.3) is 11.2 Å². The van der Waals surface area contributed by atoms with Gasteiger partial charge >= 0.3 is 0 Å². The molecule has 2 aromatic heterocycles. The summed E-state index contributed by atoms with van der Waals surface area (Å²) in [4.78, 5) is 11.7. The van der Waals surface area contributed by atoms with Crippen molar-refractivity contribution >= 4 is 28.6 Å². The fourth-order valence-corrected chi connectivity index (χ4v) is 4.14. The van der Waals surface area contributed by atoms with E-state index in [1.807, 2.05) is 0 Å². The highest BCUT2D eigenvalue weighted by Gasteiger charge is 2.43. The summed E-state index contributed by atoms with van der Waals surface area (Å²) in [5, 5.41) is 11.9. The molecule has 2 aliphatic heterocycles. The molecule has 0 saturated carbocycles. The second-order valence-electron chi connectivity index (χ2n) is 7.68. The number of hydrogen-bond acceptors (Lipinski definition) is 8. The van der Waals surface area contributed by atoms with Crippen molar-refractivity contribution in [1.82, 2.24) is 15.0 Å². The Kier molecular flexibility index (Phi) is 6.19. The summed E-state index contributed by atoms with van der Waals surface area (Å²) < 4.78 is 51.0. The summed E-state index contributed by atoms with van der Waals surface area (Å²) in [6, 6.07) is 3.96. The zero-order chi connectivity index (χ0) is 22.9. The maximum atomic E-state index is 14.4. The third-order valence-electron chi connectivity index (χ3n) is 5.50. The summed E-state index contributed by atoms with van der Waals surface area (Å²) in [6.45, 7) is 0.523. The van der Waals surface area contributed by atoms with Crippen LogP contribution < -0.4 is 14.8 Å². The second-order valence-corrected chi connectivity index (χ2v) is 8.08. The van der Waals surface area contributed by atoms with Crippen LogP contribution in [-0.2, 0) is 16.0 Å². The predicted molar refractivity (Wildman–Crippen MR) is 114 cm³/mol. The lowest BCUT2D eigenvalue weighted by atomic mass is 10.1. The minimum atomic E-state index is -0.797. The molecule has 9 nitrogen and oxygen atoms in total. The van der Waals surface area contributed by atoms with Gasteiger partial charge in [-0.15, -0.1) is 0 Å². The molecule has 0 radical (unpaired) electrons. The van der Waals surface area contributed by atoms with Gasteiger partial charge in [0.2, 0.25) is 0 Å². The van der Waals surface area contributed by atoms with E-state index in [1.165, 1.54) is 0 Å². The van der Waals surface area contributed by atoms with Gasteiger partial charge in [0.05, 0.1) is 29.9 Å². The van der Waals surface area contributed by atoms with Crippen LogP contribution in [-0.4, -0.2) is 64.8 Å². The van der Waals surface area contributed by atoms with Gasteiger partial charge in [-0.3, -0.25) is 0 Å². The van der Waals surface area contributed by atoms with Gasteiger partial charge in [-0.25, -0.2) is 13.8 Å². The van der Waals surface area contributed by atoms with Crippen LogP contribution in [0.4, 0.5) is 14.6 Å². The predicted octanol–water partition coefficient (Wildman–Crippen LogP) is 2.81. The molecule has 0 aliphatic carbocycles. The van der Waals surface area contributed by atoms with Crippen molar-refractivity contribution in [2.24, 2.45) is 0 Å². The largest absolute Gasteiger partial charge is 0.491 e. The van der Waals surface area contributed by atoms with Crippen LogP contribution in [0.15, 0.2) is 18.2 Å². The number of benzene rings is 1. The molecule has 0 amide bonds. The highest BCUT2D eigenvalue weighted by atomic mass is 35.5. The van der Waals surface area contributed by atoms with Crippen LogP contribution in [0.2, 0.25) is 5.02 Å². The first-order chi connectivity index (χ1) is 16.0. The second kappa shape index (κ2) is 9.26. The van der Waals surface area contributed by atoms with Crippen molar-refractivity contribution in [1.29, 1.82) is 0 Å². The Labute approximate surface area is 192 Å². The number of ether oxygens (including phenoxy) is 4. The Morgan fingerprint density at radius 2 is 2.03 bits per heavy atom. The van der Waals surface area contributed by atoms with E-state index >= 15 is 0 Å². The number of halogens is 3. The Balaban J connectivity index is 1.29. The number of H-pyrrole nitrogens is 1. The van der Waals surface area contributed by atoms with Crippen molar-refractivity contribution in [3.05, 3.63) is 40.4 Å². The monoisotopic (exact) mass is 482 g/mol. The third-order valence-corrected chi connectivity index (χ3v) is 5.78. The fourth-order valence-electron chi connectivity index (χ4n) is 3.92. The first-order valence-corrected chi connectivity index (χ1v) is 10.8. The van der Waals surface area contributed by atoms with Crippen molar-refractivity contribution in [2.45, 2.75) is 31.3 Å². The number of anilines is 1. The van der Waals surface area contributed by atoms with E-state index in [2.05, 4.69) is 20.3 Å². The minimum absolute atomic E-state index is 0.00795. The molecular weight excluding hydrogens is 462 g/mol.